The normalized spacial score (nSPS) is 17.0. The standard InChI is InChI=1S/C29H28N6O3S2/c1-3-17-11-13-18(14-12-17)32-24(37)16-39-29-34-33-28(40-29)35-21-8-6-9-22(36)26(21)25(20(15-30)27(35)31)19-7-4-5-10-23(19)38-2/h4-5,7,10-14,25H,3,6,8-9,16,31H2,1-2H3,(H,32,37). The Hall–Kier alpha value is -4.14. The summed E-state index contributed by atoms with van der Waals surface area (Å²) in [5, 5.41) is 22.2. The van der Waals surface area contributed by atoms with Gasteiger partial charge in [0.15, 0.2) is 10.1 Å². The number of ketones is 1. The fourth-order valence-electron chi connectivity index (χ4n) is 5.02. The van der Waals surface area contributed by atoms with Crippen molar-refractivity contribution in [3.8, 4) is 11.8 Å². The second-order valence-corrected chi connectivity index (χ2v) is 11.5. The highest BCUT2D eigenvalue weighted by Gasteiger charge is 2.42. The Labute approximate surface area is 240 Å². The Kier molecular flexibility index (Phi) is 8.19. The van der Waals surface area contributed by atoms with Crippen LogP contribution >= 0.6 is 23.1 Å². The van der Waals surface area contributed by atoms with Gasteiger partial charge in [-0.05, 0) is 43.0 Å². The van der Waals surface area contributed by atoms with Crippen LogP contribution in [0.4, 0.5) is 10.8 Å². The summed E-state index contributed by atoms with van der Waals surface area (Å²) in [5.41, 5.74) is 10.8. The number of nitrogens with one attached hydrogen (secondary N) is 1. The first-order chi connectivity index (χ1) is 19.4. The van der Waals surface area contributed by atoms with Crippen molar-refractivity contribution in [1.29, 1.82) is 5.26 Å². The molecular weight excluding hydrogens is 544 g/mol. The number of thioether (sulfide) groups is 1. The van der Waals surface area contributed by atoms with E-state index >= 15 is 0 Å². The van der Waals surface area contributed by atoms with Crippen LogP contribution in [0, 0.1) is 11.3 Å². The summed E-state index contributed by atoms with van der Waals surface area (Å²) in [6, 6.07) is 17.4. The maximum absolute atomic E-state index is 13.3. The van der Waals surface area contributed by atoms with Crippen LogP contribution in [0.15, 0.2) is 75.5 Å². The van der Waals surface area contributed by atoms with Crippen molar-refractivity contribution >= 4 is 45.6 Å². The van der Waals surface area contributed by atoms with Crippen LogP contribution in [0.3, 0.4) is 0 Å². The molecule has 11 heteroatoms. The molecule has 0 radical (unpaired) electrons. The second-order valence-electron chi connectivity index (χ2n) is 9.30. The van der Waals surface area contributed by atoms with Crippen molar-refractivity contribution in [2.45, 2.75) is 42.9 Å². The summed E-state index contributed by atoms with van der Waals surface area (Å²) in [5.74, 6) is 0.148. The van der Waals surface area contributed by atoms with Crippen LogP contribution in [-0.2, 0) is 16.0 Å². The smallest absolute Gasteiger partial charge is 0.234 e. The molecule has 1 unspecified atom stereocenters. The average Bonchev–Trinajstić information content (AvgIpc) is 3.44. The van der Waals surface area contributed by atoms with E-state index in [4.69, 9.17) is 10.5 Å². The fraction of sp³-hybridized carbons (Fsp3) is 0.276. The summed E-state index contributed by atoms with van der Waals surface area (Å²) < 4.78 is 6.15. The van der Waals surface area contributed by atoms with Crippen LogP contribution in [0.2, 0.25) is 0 Å². The van der Waals surface area contributed by atoms with Crippen molar-refractivity contribution in [2.75, 3.05) is 23.1 Å². The van der Waals surface area contributed by atoms with Crippen LogP contribution < -0.4 is 20.7 Å². The van der Waals surface area contributed by atoms with E-state index in [-0.39, 0.29) is 28.8 Å². The van der Waals surface area contributed by atoms with Gasteiger partial charge in [-0.3, -0.25) is 14.5 Å². The lowest BCUT2D eigenvalue weighted by Gasteiger charge is -2.38. The summed E-state index contributed by atoms with van der Waals surface area (Å²) >= 11 is 2.53. The number of rotatable bonds is 8. The minimum absolute atomic E-state index is 0.0230. The SMILES string of the molecule is CCc1ccc(NC(=O)CSc2nnc(N3C(N)=C(C#N)C(c4ccccc4OC)C4=C3CCCC4=O)s2)cc1. The highest BCUT2D eigenvalue weighted by molar-refractivity contribution is 8.01. The molecular formula is C29H28N6O3S2. The number of carbonyl (C=O) groups excluding carboxylic acids is 2. The van der Waals surface area contributed by atoms with Crippen molar-refractivity contribution < 1.29 is 14.3 Å². The van der Waals surface area contributed by atoms with Gasteiger partial charge in [0.2, 0.25) is 11.0 Å². The first-order valence-corrected chi connectivity index (χ1v) is 14.7. The van der Waals surface area contributed by atoms with Gasteiger partial charge < -0.3 is 15.8 Å². The number of ether oxygens (including phenoxy) is 1. The molecule has 0 saturated carbocycles. The van der Waals surface area contributed by atoms with Gasteiger partial charge in [0, 0.05) is 28.9 Å². The van der Waals surface area contributed by atoms with Crippen molar-refractivity contribution in [3.05, 3.63) is 82.3 Å². The zero-order chi connectivity index (χ0) is 28.2. The number of Topliss-reactive ketones (excluding diaryl/α,β-unsaturated/α-hetero) is 1. The van der Waals surface area contributed by atoms with E-state index in [0.29, 0.717) is 40.1 Å². The predicted molar refractivity (Wildman–Crippen MR) is 156 cm³/mol. The second kappa shape index (κ2) is 11.9. The molecule has 2 aromatic carbocycles. The van der Waals surface area contributed by atoms with Gasteiger partial charge in [0.1, 0.15) is 11.6 Å². The minimum Gasteiger partial charge on any atom is -0.496 e. The summed E-state index contributed by atoms with van der Waals surface area (Å²) in [6.07, 6.45) is 2.60. The Bertz CT molecular complexity index is 1550. The zero-order valence-corrected chi connectivity index (χ0v) is 23.8. The van der Waals surface area contributed by atoms with Gasteiger partial charge in [-0.25, -0.2) is 0 Å². The van der Waals surface area contributed by atoms with Crippen molar-refractivity contribution in [1.82, 2.24) is 10.2 Å². The summed E-state index contributed by atoms with van der Waals surface area (Å²) in [4.78, 5) is 27.6. The molecule has 1 amide bonds. The number of carbonyl (C=O) groups is 2. The quantitative estimate of drug-likeness (QED) is 0.352. The number of para-hydroxylation sites is 1. The van der Waals surface area contributed by atoms with E-state index in [1.165, 1.54) is 28.7 Å². The Balaban J connectivity index is 1.41. The molecule has 1 aliphatic heterocycles. The molecule has 3 N–H and O–H groups in total. The van der Waals surface area contributed by atoms with Crippen LogP contribution in [0.25, 0.3) is 0 Å². The fourth-order valence-corrected chi connectivity index (χ4v) is 6.70. The number of aryl methyl sites for hydroxylation is 1. The van der Waals surface area contributed by atoms with Crippen molar-refractivity contribution in [2.24, 2.45) is 5.73 Å². The molecule has 0 bridgehead atoms. The van der Waals surface area contributed by atoms with E-state index in [1.807, 2.05) is 48.5 Å². The third-order valence-electron chi connectivity index (χ3n) is 6.92. The Morgan fingerprint density at radius 1 is 1.23 bits per heavy atom. The number of hydrogen-bond acceptors (Lipinski definition) is 10. The van der Waals surface area contributed by atoms with E-state index in [2.05, 4.69) is 28.5 Å². The number of methoxy groups -OCH3 is 1. The number of allylic oxidation sites excluding steroid dienone is 3. The van der Waals surface area contributed by atoms with Crippen LogP contribution in [-0.4, -0.2) is 34.8 Å². The van der Waals surface area contributed by atoms with Gasteiger partial charge in [-0.15, -0.1) is 10.2 Å². The van der Waals surface area contributed by atoms with Gasteiger partial charge in [0.25, 0.3) is 0 Å². The number of amides is 1. The third-order valence-corrected chi connectivity index (χ3v) is 8.96. The molecule has 9 nitrogen and oxygen atoms in total. The third kappa shape index (κ3) is 5.33. The molecule has 1 atom stereocenters. The monoisotopic (exact) mass is 572 g/mol. The minimum atomic E-state index is -0.628. The first kappa shape index (κ1) is 27.4. The van der Waals surface area contributed by atoms with Crippen LogP contribution in [0.5, 0.6) is 5.75 Å². The maximum atomic E-state index is 13.3. The number of nitriles is 1. The molecule has 204 valence electrons. The maximum Gasteiger partial charge on any atom is 0.234 e. The molecule has 5 rings (SSSR count). The molecule has 3 aromatic rings. The Morgan fingerprint density at radius 3 is 2.73 bits per heavy atom. The number of nitrogens with zero attached hydrogens (tertiary/aromatic N) is 4. The highest BCUT2D eigenvalue weighted by atomic mass is 32.2. The summed E-state index contributed by atoms with van der Waals surface area (Å²) in [7, 11) is 1.56. The van der Waals surface area contributed by atoms with Gasteiger partial charge in [-0.2, -0.15) is 5.26 Å². The summed E-state index contributed by atoms with van der Waals surface area (Å²) in [6.45, 7) is 2.08. The number of aromatic nitrogens is 2. The number of benzene rings is 2. The topological polar surface area (TPSA) is 134 Å². The largest absolute Gasteiger partial charge is 0.496 e. The van der Waals surface area contributed by atoms with E-state index in [1.54, 1.807) is 12.0 Å². The van der Waals surface area contributed by atoms with Crippen molar-refractivity contribution in [3.63, 3.8) is 0 Å². The first-order valence-electron chi connectivity index (χ1n) is 12.9. The average molecular weight is 573 g/mol. The van der Waals surface area contributed by atoms with Gasteiger partial charge in [0.05, 0.1) is 30.4 Å². The lowest BCUT2D eigenvalue weighted by Crippen LogP contribution is -2.38. The van der Waals surface area contributed by atoms with E-state index in [0.717, 1.165) is 23.4 Å². The number of hydrogen-bond donors (Lipinski definition) is 2. The molecule has 2 heterocycles. The molecule has 0 fully saturated rings. The highest BCUT2D eigenvalue weighted by Crippen LogP contribution is 2.48. The molecule has 40 heavy (non-hydrogen) atoms. The van der Waals surface area contributed by atoms with E-state index < -0.39 is 5.92 Å². The number of nitrogens with two attached hydrogens (primary N) is 1. The van der Waals surface area contributed by atoms with Gasteiger partial charge >= 0.3 is 0 Å². The molecule has 2 aliphatic rings. The molecule has 1 aromatic heterocycles. The molecule has 0 spiro atoms. The lowest BCUT2D eigenvalue weighted by molar-refractivity contribution is -0.116. The Morgan fingerprint density at radius 2 is 2.00 bits per heavy atom. The van der Waals surface area contributed by atoms with Crippen LogP contribution in [0.1, 0.15) is 43.2 Å². The number of anilines is 2. The zero-order valence-electron chi connectivity index (χ0n) is 22.1. The van der Waals surface area contributed by atoms with Gasteiger partial charge in [-0.1, -0.05) is 60.4 Å². The predicted octanol–water partition coefficient (Wildman–Crippen LogP) is 5.14. The molecule has 0 saturated heterocycles. The van der Waals surface area contributed by atoms with E-state index in [9.17, 15) is 14.9 Å². The molecule has 1 aliphatic carbocycles. The lowest BCUT2D eigenvalue weighted by atomic mass is 9.75.